The maximum Gasteiger partial charge on any atom is 0.263 e. The molecule has 1 aromatic heterocycles. The van der Waals surface area contributed by atoms with Gasteiger partial charge in [-0.3, -0.25) is 4.72 Å². The zero-order chi connectivity index (χ0) is 14.0. The number of rotatable bonds is 3. The van der Waals surface area contributed by atoms with Crippen LogP contribution in [0.5, 0.6) is 0 Å². The van der Waals surface area contributed by atoms with Crippen LogP contribution in [0.1, 0.15) is 0 Å². The molecule has 100 valence electrons. The zero-order valence-electron chi connectivity index (χ0n) is 9.27. The SMILES string of the molecule is O=S(=O)(Nc1ccc(Br)c(F)c1)c1ccc(Cl)nc1. The quantitative estimate of drug-likeness (QED) is 0.848. The van der Waals surface area contributed by atoms with Gasteiger partial charge in [0.2, 0.25) is 0 Å². The highest BCUT2D eigenvalue weighted by Crippen LogP contribution is 2.22. The molecule has 1 heterocycles. The summed E-state index contributed by atoms with van der Waals surface area (Å²) < 4.78 is 39.8. The van der Waals surface area contributed by atoms with Crippen LogP contribution in [0, 0.1) is 5.82 Å². The van der Waals surface area contributed by atoms with Crippen LogP contribution < -0.4 is 4.72 Å². The van der Waals surface area contributed by atoms with Crippen LogP contribution in [-0.4, -0.2) is 13.4 Å². The average molecular weight is 366 g/mol. The molecule has 2 rings (SSSR count). The molecule has 0 aliphatic heterocycles. The van der Waals surface area contributed by atoms with Gasteiger partial charge in [-0.05, 0) is 46.3 Å². The minimum Gasteiger partial charge on any atom is -0.279 e. The summed E-state index contributed by atoms with van der Waals surface area (Å²) in [6.45, 7) is 0. The van der Waals surface area contributed by atoms with E-state index in [1.165, 1.54) is 24.3 Å². The molecule has 0 spiro atoms. The van der Waals surface area contributed by atoms with Crippen molar-refractivity contribution in [1.82, 2.24) is 4.98 Å². The molecular weight excluding hydrogens is 359 g/mol. The molecule has 0 bridgehead atoms. The third kappa shape index (κ3) is 3.43. The highest BCUT2D eigenvalue weighted by Gasteiger charge is 2.15. The van der Waals surface area contributed by atoms with Crippen LogP contribution in [0.2, 0.25) is 5.15 Å². The van der Waals surface area contributed by atoms with E-state index >= 15 is 0 Å². The Bertz CT molecular complexity index is 707. The molecule has 0 atom stereocenters. The van der Waals surface area contributed by atoms with Crippen LogP contribution in [-0.2, 0) is 10.0 Å². The van der Waals surface area contributed by atoms with Crippen LogP contribution in [0.4, 0.5) is 10.1 Å². The molecule has 1 N–H and O–H groups in total. The van der Waals surface area contributed by atoms with Crippen molar-refractivity contribution in [3.8, 4) is 0 Å². The van der Waals surface area contributed by atoms with Crippen LogP contribution in [0.3, 0.4) is 0 Å². The molecule has 1 aromatic carbocycles. The van der Waals surface area contributed by atoms with Crippen LogP contribution in [0.15, 0.2) is 45.9 Å². The van der Waals surface area contributed by atoms with Crippen LogP contribution in [0.25, 0.3) is 0 Å². The van der Waals surface area contributed by atoms with Gasteiger partial charge >= 0.3 is 0 Å². The second-order valence-electron chi connectivity index (χ2n) is 3.55. The molecule has 0 aliphatic carbocycles. The molecule has 0 fully saturated rings. The fourth-order valence-electron chi connectivity index (χ4n) is 1.29. The summed E-state index contributed by atoms with van der Waals surface area (Å²) in [5.41, 5.74) is 0.121. The van der Waals surface area contributed by atoms with Crippen molar-refractivity contribution in [3.05, 3.63) is 52.0 Å². The molecule has 0 saturated heterocycles. The normalized spacial score (nSPS) is 11.3. The van der Waals surface area contributed by atoms with E-state index < -0.39 is 15.8 Å². The molecule has 8 heteroatoms. The van der Waals surface area contributed by atoms with E-state index in [4.69, 9.17) is 11.6 Å². The first-order valence-electron chi connectivity index (χ1n) is 4.98. The second-order valence-corrected chi connectivity index (χ2v) is 6.47. The summed E-state index contributed by atoms with van der Waals surface area (Å²) in [5, 5.41) is 0.189. The first kappa shape index (κ1) is 14.2. The number of hydrogen-bond donors (Lipinski definition) is 1. The fraction of sp³-hybridized carbons (Fsp3) is 0. The summed E-state index contributed by atoms with van der Waals surface area (Å²) >= 11 is 8.56. The number of pyridine rings is 1. The monoisotopic (exact) mass is 364 g/mol. The lowest BCUT2D eigenvalue weighted by molar-refractivity contribution is 0.600. The van der Waals surface area contributed by atoms with E-state index in [2.05, 4.69) is 25.6 Å². The fourth-order valence-corrected chi connectivity index (χ4v) is 2.65. The first-order chi connectivity index (χ1) is 8.88. The summed E-state index contributed by atoms with van der Waals surface area (Å²) in [6, 6.07) is 6.59. The Morgan fingerprint density at radius 1 is 1.26 bits per heavy atom. The number of benzene rings is 1. The topological polar surface area (TPSA) is 59.1 Å². The number of nitrogens with zero attached hydrogens (tertiary/aromatic N) is 1. The molecule has 2 aromatic rings. The van der Waals surface area contributed by atoms with Gasteiger partial charge in [-0.1, -0.05) is 11.6 Å². The zero-order valence-corrected chi connectivity index (χ0v) is 12.4. The van der Waals surface area contributed by atoms with E-state index in [0.717, 1.165) is 12.3 Å². The molecule has 0 saturated carbocycles. The third-order valence-electron chi connectivity index (χ3n) is 2.18. The minimum absolute atomic E-state index is 0.0553. The van der Waals surface area contributed by atoms with Gasteiger partial charge in [0, 0.05) is 6.20 Å². The Labute approximate surface area is 122 Å². The predicted octanol–water partition coefficient (Wildman–Crippen LogP) is 3.44. The minimum atomic E-state index is -3.81. The molecule has 19 heavy (non-hydrogen) atoms. The van der Waals surface area contributed by atoms with E-state index in [1.54, 1.807) is 0 Å². The first-order valence-corrected chi connectivity index (χ1v) is 7.63. The average Bonchev–Trinajstić information content (AvgIpc) is 2.34. The molecule has 0 radical (unpaired) electrons. The molecule has 4 nitrogen and oxygen atoms in total. The van der Waals surface area contributed by atoms with Crippen molar-refractivity contribution in [2.24, 2.45) is 0 Å². The number of anilines is 1. The maximum atomic E-state index is 13.3. The Hall–Kier alpha value is -1.18. The van der Waals surface area contributed by atoms with Gasteiger partial charge in [0.1, 0.15) is 15.9 Å². The highest BCUT2D eigenvalue weighted by molar-refractivity contribution is 9.10. The van der Waals surface area contributed by atoms with E-state index in [0.29, 0.717) is 0 Å². The van der Waals surface area contributed by atoms with E-state index in [9.17, 15) is 12.8 Å². The van der Waals surface area contributed by atoms with Gasteiger partial charge in [0.15, 0.2) is 0 Å². The molecule has 0 aliphatic rings. The Morgan fingerprint density at radius 2 is 2.00 bits per heavy atom. The Morgan fingerprint density at radius 3 is 2.58 bits per heavy atom. The summed E-state index contributed by atoms with van der Waals surface area (Å²) in [7, 11) is -3.81. The molecular formula is C11H7BrClFN2O2S. The lowest BCUT2D eigenvalue weighted by Gasteiger charge is -2.08. The van der Waals surface area contributed by atoms with E-state index in [1.807, 2.05) is 0 Å². The largest absolute Gasteiger partial charge is 0.279 e. The smallest absolute Gasteiger partial charge is 0.263 e. The maximum absolute atomic E-state index is 13.3. The lowest BCUT2D eigenvalue weighted by Crippen LogP contribution is -2.13. The number of hydrogen-bond acceptors (Lipinski definition) is 3. The summed E-state index contributed by atoms with van der Waals surface area (Å²) in [5.74, 6) is -0.561. The van der Waals surface area contributed by atoms with Crippen molar-refractivity contribution < 1.29 is 12.8 Å². The third-order valence-corrected chi connectivity index (χ3v) is 4.42. The Balaban J connectivity index is 2.30. The number of halogens is 3. The van der Waals surface area contributed by atoms with Gasteiger partial charge in [-0.25, -0.2) is 17.8 Å². The van der Waals surface area contributed by atoms with Crippen molar-refractivity contribution in [2.45, 2.75) is 4.90 Å². The highest BCUT2D eigenvalue weighted by atomic mass is 79.9. The predicted molar refractivity (Wildman–Crippen MR) is 74.2 cm³/mol. The van der Waals surface area contributed by atoms with Crippen molar-refractivity contribution >= 4 is 43.2 Å². The summed E-state index contributed by atoms with van der Waals surface area (Å²) in [4.78, 5) is 3.63. The van der Waals surface area contributed by atoms with Gasteiger partial charge in [-0.2, -0.15) is 0 Å². The summed E-state index contributed by atoms with van der Waals surface area (Å²) in [6.07, 6.45) is 1.12. The number of sulfonamides is 1. The second kappa shape index (κ2) is 5.44. The van der Waals surface area contributed by atoms with Gasteiger partial charge in [0.05, 0.1) is 10.2 Å². The number of aromatic nitrogens is 1. The van der Waals surface area contributed by atoms with Crippen LogP contribution >= 0.6 is 27.5 Å². The van der Waals surface area contributed by atoms with Gasteiger partial charge in [-0.15, -0.1) is 0 Å². The van der Waals surface area contributed by atoms with E-state index in [-0.39, 0.29) is 20.2 Å². The van der Waals surface area contributed by atoms with Crippen molar-refractivity contribution in [3.63, 3.8) is 0 Å². The molecule has 0 amide bonds. The lowest BCUT2D eigenvalue weighted by atomic mass is 10.3. The van der Waals surface area contributed by atoms with Crippen molar-refractivity contribution in [1.29, 1.82) is 0 Å². The Kier molecular flexibility index (Phi) is 4.07. The molecule has 0 unspecified atom stereocenters. The van der Waals surface area contributed by atoms with Gasteiger partial charge in [0.25, 0.3) is 10.0 Å². The standard InChI is InChI=1S/C11H7BrClFN2O2S/c12-9-3-1-7(5-10(9)14)16-19(17,18)8-2-4-11(13)15-6-8/h1-6,16H. The number of nitrogens with one attached hydrogen (secondary N) is 1. The van der Waals surface area contributed by atoms with Crippen molar-refractivity contribution in [2.75, 3.05) is 4.72 Å². The van der Waals surface area contributed by atoms with Gasteiger partial charge < -0.3 is 0 Å².